The molecule has 0 amide bonds. The van der Waals surface area contributed by atoms with Crippen molar-refractivity contribution in [3.63, 3.8) is 0 Å². The number of Topliss-reactive ketones (excluding diaryl/α,β-unsaturated/α-hetero) is 1. The van der Waals surface area contributed by atoms with Gasteiger partial charge in [-0.2, -0.15) is 0 Å². The number of hydrogen-bond acceptors (Lipinski definition) is 4. The first kappa shape index (κ1) is 13.6. The van der Waals surface area contributed by atoms with Crippen molar-refractivity contribution < 1.29 is 9.53 Å². The maximum absolute atomic E-state index is 12.6. The van der Waals surface area contributed by atoms with E-state index in [0.717, 1.165) is 5.56 Å². The Hall–Kier alpha value is -2.33. The quantitative estimate of drug-likeness (QED) is 0.926. The van der Waals surface area contributed by atoms with Crippen LogP contribution in [0.3, 0.4) is 0 Å². The predicted molar refractivity (Wildman–Crippen MR) is 80.4 cm³/mol. The van der Waals surface area contributed by atoms with Crippen molar-refractivity contribution in [1.29, 1.82) is 0 Å². The summed E-state index contributed by atoms with van der Waals surface area (Å²) in [4.78, 5) is 16.6. The summed E-state index contributed by atoms with van der Waals surface area (Å²) in [5.41, 5.74) is 8.54. The minimum Gasteiger partial charge on any atom is -0.462 e. The second kappa shape index (κ2) is 5.22. The van der Waals surface area contributed by atoms with Crippen molar-refractivity contribution in [2.24, 2.45) is 5.73 Å². The standard InChI is InChI=1S/C16H13ClN2O2/c1-9-4-5-10(7-12(9)17)13-14(20)15(21-16(13)18)11-3-2-6-19-8-11/h2-8,15H,18H2,1H3. The fourth-order valence-corrected chi connectivity index (χ4v) is 2.46. The molecule has 0 radical (unpaired) electrons. The molecule has 5 heteroatoms. The summed E-state index contributed by atoms with van der Waals surface area (Å²) in [6, 6.07) is 8.93. The molecule has 0 fully saturated rings. The lowest BCUT2D eigenvalue weighted by Crippen LogP contribution is -2.09. The van der Waals surface area contributed by atoms with Gasteiger partial charge < -0.3 is 10.5 Å². The number of carbonyl (C=O) groups is 1. The Balaban J connectivity index is 1.98. The van der Waals surface area contributed by atoms with Gasteiger partial charge in [-0.05, 0) is 30.2 Å². The van der Waals surface area contributed by atoms with Crippen LogP contribution in [0.15, 0.2) is 48.6 Å². The number of aromatic nitrogens is 1. The zero-order valence-electron chi connectivity index (χ0n) is 11.3. The number of halogens is 1. The van der Waals surface area contributed by atoms with Gasteiger partial charge in [-0.1, -0.05) is 29.8 Å². The van der Waals surface area contributed by atoms with Crippen LogP contribution in [0.5, 0.6) is 0 Å². The van der Waals surface area contributed by atoms with Crippen molar-refractivity contribution in [3.05, 3.63) is 70.3 Å². The van der Waals surface area contributed by atoms with E-state index in [2.05, 4.69) is 4.98 Å². The van der Waals surface area contributed by atoms with E-state index in [4.69, 9.17) is 22.1 Å². The fourth-order valence-electron chi connectivity index (χ4n) is 2.28. The maximum atomic E-state index is 12.6. The highest BCUT2D eigenvalue weighted by molar-refractivity contribution is 6.32. The number of ether oxygens (including phenoxy) is 1. The molecule has 4 nitrogen and oxygen atoms in total. The largest absolute Gasteiger partial charge is 0.462 e. The second-order valence-corrected chi connectivity index (χ2v) is 5.26. The van der Waals surface area contributed by atoms with E-state index in [1.807, 2.05) is 19.1 Å². The number of benzene rings is 1. The van der Waals surface area contributed by atoms with Crippen molar-refractivity contribution in [1.82, 2.24) is 4.98 Å². The van der Waals surface area contributed by atoms with E-state index >= 15 is 0 Å². The van der Waals surface area contributed by atoms with E-state index in [-0.39, 0.29) is 11.7 Å². The molecule has 1 aromatic carbocycles. The van der Waals surface area contributed by atoms with Gasteiger partial charge in [0.25, 0.3) is 0 Å². The topological polar surface area (TPSA) is 65.2 Å². The van der Waals surface area contributed by atoms with Crippen LogP contribution in [0.25, 0.3) is 5.57 Å². The van der Waals surface area contributed by atoms with Gasteiger partial charge in [0.15, 0.2) is 12.0 Å². The van der Waals surface area contributed by atoms with Gasteiger partial charge >= 0.3 is 0 Å². The van der Waals surface area contributed by atoms with Gasteiger partial charge in [-0.15, -0.1) is 0 Å². The van der Waals surface area contributed by atoms with Gasteiger partial charge in [0.1, 0.15) is 0 Å². The monoisotopic (exact) mass is 300 g/mol. The Morgan fingerprint density at radius 1 is 1.33 bits per heavy atom. The van der Waals surface area contributed by atoms with Gasteiger partial charge in [0, 0.05) is 23.0 Å². The van der Waals surface area contributed by atoms with Crippen LogP contribution in [-0.4, -0.2) is 10.8 Å². The number of aryl methyl sites for hydroxylation is 1. The Labute approximate surface area is 127 Å². The normalized spacial score (nSPS) is 18.0. The lowest BCUT2D eigenvalue weighted by Gasteiger charge is -2.09. The Kier molecular flexibility index (Phi) is 3.39. The zero-order chi connectivity index (χ0) is 15.0. The number of hydrogen-bond donors (Lipinski definition) is 1. The van der Waals surface area contributed by atoms with Crippen LogP contribution in [0.2, 0.25) is 5.02 Å². The molecule has 1 unspecified atom stereocenters. The fraction of sp³-hybridized carbons (Fsp3) is 0.125. The van der Waals surface area contributed by atoms with Crippen LogP contribution in [0, 0.1) is 6.92 Å². The van der Waals surface area contributed by atoms with Gasteiger partial charge in [0.2, 0.25) is 5.78 Å². The van der Waals surface area contributed by atoms with Crippen molar-refractivity contribution in [3.8, 4) is 0 Å². The summed E-state index contributed by atoms with van der Waals surface area (Å²) in [6.07, 6.45) is 2.50. The first-order valence-corrected chi connectivity index (χ1v) is 6.83. The average molecular weight is 301 g/mol. The van der Waals surface area contributed by atoms with E-state index in [9.17, 15) is 4.79 Å². The lowest BCUT2D eigenvalue weighted by molar-refractivity contribution is -0.120. The SMILES string of the molecule is Cc1ccc(C2=C(N)OC(c3cccnc3)C2=O)cc1Cl. The number of ketones is 1. The molecule has 3 rings (SSSR count). The lowest BCUT2D eigenvalue weighted by atomic mass is 9.97. The molecule has 0 saturated carbocycles. The van der Waals surface area contributed by atoms with Crippen LogP contribution >= 0.6 is 11.6 Å². The smallest absolute Gasteiger partial charge is 0.214 e. The molecule has 1 atom stereocenters. The minimum absolute atomic E-state index is 0.119. The summed E-state index contributed by atoms with van der Waals surface area (Å²) in [5, 5.41) is 0.588. The number of nitrogens with two attached hydrogens (primary N) is 1. The molecular formula is C16H13ClN2O2. The van der Waals surface area contributed by atoms with Crippen molar-refractivity contribution in [2.45, 2.75) is 13.0 Å². The third kappa shape index (κ3) is 2.38. The van der Waals surface area contributed by atoms with E-state index in [1.54, 1.807) is 30.6 Å². The minimum atomic E-state index is -0.742. The highest BCUT2D eigenvalue weighted by Gasteiger charge is 2.36. The van der Waals surface area contributed by atoms with Crippen molar-refractivity contribution >= 4 is 23.0 Å². The summed E-state index contributed by atoms with van der Waals surface area (Å²) >= 11 is 6.12. The van der Waals surface area contributed by atoms with Crippen LogP contribution < -0.4 is 5.73 Å². The van der Waals surface area contributed by atoms with Gasteiger partial charge in [-0.3, -0.25) is 9.78 Å². The summed E-state index contributed by atoms with van der Waals surface area (Å²) in [7, 11) is 0. The summed E-state index contributed by atoms with van der Waals surface area (Å²) in [6.45, 7) is 1.90. The first-order valence-electron chi connectivity index (χ1n) is 6.45. The number of nitrogens with zero attached hydrogens (tertiary/aromatic N) is 1. The van der Waals surface area contributed by atoms with Crippen molar-refractivity contribution in [2.75, 3.05) is 0 Å². The molecule has 0 bridgehead atoms. The summed E-state index contributed by atoms with van der Waals surface area (Å²) in [5.74, 6) is -0.0609. The van der Waals surface area contributed by atoms with E-state index in [0.29, 0.717) is 21.7 Å². The number of rotatable bonds is 2. The number of carbonyl (C=O) groups excluding carboxylic acids is 1. The van der Waals surface area contributed by atoms with Crippen LogP contribution in [0.1, 0.15) is 22.8 Å². The molecule has 2 heterocycles. The Morgan fingerprint density at radius 2 is 2.14 bits per heavy atom. The van der Waals surface area contributed by atoms with Crippen LogP contribution in [-0.2, 0) is 9.53 Å². The third-order valence-electron chi connectivity index (χ3n) is 3.42. The third-order valence-corrected chi connectivity index (χ3v) is 3.83. The molecule has 0 spiro atoms. The molecule has 2 N–H and O–H groups in total. The molecule has 1 aromatic heterocycles. The highest BCUT2D eigenvalue weighted by Crippen LogP contribution is 2.36. The predicted octanol–water partition coefficient (Wildman–Crippen LogP) is 3.01. The van der Waals surface area contributed by atoms with Crippen LogP contribution in [0.4, 0.5) is 0 Å². The molecule has 1 aliphatic heterocycles. The second-order valence-electron chi connectivity index (χ2n) is 4.85. The number of pyridine rings is 1. The Morgan fingerprint density at radius 3 is 2.81 bits per heavy atom. The Bertz CT molecular complexity index is 741. The van der Waals surface area contributed by atoms with Gasteiger partial charge in [-0.25, -0.2) is 0 Å². The van der Waals surface area contributed by atoms with E-state index < -0.39 is 6.10 Å². The molecule has 21 heavy (non-hydrogen) atoms. The highest BCUT2D eigenvalue weighted by atomic mass is 35.5. The molecule has 2 aromatic rings. The zero-order valence-corrected chi connectivity index (χ0v) is 12.1. The molecule has 0 saturated heterocycles. The average Bonchev–Trinajstić information content (AvgIpc) is 2.78. The van der Waals surface area contributed by atoms with Gasteiger partial charge in [0.05, 0.1) is 5.57 Å². The molecule has 0 aliphatic carbocycles. The summed E-state index contributed by atoms with van der Waals surface area (Å²) < 4.78 is 5.52. The first-order chi connectivity index (χ1) is 10.1. The molecule has 106 valence electrons. The molecular weight excluding hydrogens is 288 g/mol. The maximum Gasteiger partial charge on any atom is 0.214 e. The molecule has 1 aliphatic rings. The van der Waals surface area contributed by atoms with E-state index in [1.165, 1.54) is 0 Å².